The fourth-order valence-electron chi connectivity index (χ4n) is 2.75. The van der Waals surface area contributed by atoms with Crippen LogP contribution in [-0.4, -0.2) is 32.4 Å². The Kier molecular flexibility index (Phi) is 3.55. The first-order chi connectivity index (χ1) is 11.3. The Morgan fingerprint density at radius 1 is 1.29 bits per heavy atom. The summed E-state index contributed by atoms with van der Waals surface area (Å²) in [6, 6.07) is 4.73. The number of aromatic amines is 1. The summed E-state index contributed by atoms with van der Waals surface area (Å²) < 4.78 is 0. The van der Waals surface area contributed by atoms with Gasteiger partial charge in [-0.25, -0.2) is 4.79 Å². The monoisotopic (exact) mass is 331 g/mol. The van der Waals surface area contributed by atoms with Crippen molar-refractivity contribution < 1.29 is 19.6 Å². The normalized spacial score (nSPS) is 15.5. The summed E-state index contributed by atoms with van der Waals surface area (Å²) in [5, 5.41) is 22.8. The quantitative estimate of drug-likeness (QED) is 0.567. The number of nitro groups is 1. The number of rotatable bonds is 4. The molecule has 0 bridgehead atoms. The molecule has 9 nitrogen and oxygen atoms in total. The second kappa shape index (κ2) is 5.44. The third kappa shape index (κ3) is 2.49. The number of aliphatic carboxylic acids is 1. The molecule has 1 saturated carbocycles. The van der Waals surface area contributed by atoms with Gasteiger partial charge in [-0.05, 0) is 25.3 Å². The van der Waals surface area contributed by atoms with Crippen molar-refractivity contribution in [3.8, 4) is 0 Å². The molecule has 1 aromatic carbocycles. The molecule has 1 heterocycles. The van der Waals surface area contributed by atoms with Crippen molar-refractivity contribution in [1.29, 1.82) is 0 Å². The van der Waals surface area contributed by atoms with Gasteiger partial charge >= 0.3 is 5.97 Å². The molecule has 2 aromatic rings. The molecule has 3 rings (SSSR count). The lowest BCUT2D eigenvalue weighted by Crippen LogP contribution is -2.59. The van der Waals surface area contributed by atoms with Crippen LogP contribution in [0.1, 0.15) is 29.6 Å². The molecule has 0 saturated heterocycles. The summed E-state index contributed by atoms with van der Waals surface area (Å²) in [5.74, 6) is -1.88. The first-order valence-corrected chi connectivity index (χ1v) is 7.20. The lowest BCUT2D eigenvalue weighted by molar-refractivity contribution is -0.384. The zero-order valence-corrected chi connectivity index (χ0v) is 12.4. The maximum atomic E-state index is 12.5. The van der Waals surface area contributed by atoms with Crippen molar-refractivity contribution in [2.75, 3.05) is 0 Å². The van der Waals surface area contributed by atoms with Crippen molar-refractivity contribution in [2.24, 2.45) is 0 Å². The van der Waals surface area contributed by atoms with E-state index in [0.717, 1.165) is 6.07 Å². The second-order valence-electron chi connectivity index (χ2n) is 5.73. The van der Waals surface area contributed by atoms with E-state index in [2.05, 4.69) is 10.3 Å². The predicted octanol–water partition coefficient (Wildman–Crippen LogP) is 1.17. The molecule has 1 amide bonds. The standard InChI is InChI=1S/C15H13N3O6/c19-12-7-10(13(20)17-15(14(21)22)4-1-5-15)9-6-8(18(23)24)2-3-11(9)16-12/h2-3,6-7H,1,4-5H2,(H,16,19)(H,17,20)(H,21,22). The molecule has 24 heavy (non-hydrogen) atoms. The number of carboxylic acids is 1. The molecule has 124 valence electrons. The second-order valence-corrected chi connectivity index (χ2v) is 5.73. The van der Waals surface area contributed by atoms with Crippen LogP contribution in [0.2, 0.25) is 0 Å². The molecule has 0 spiro atoms. The fourth-order valence-corrected chi connectivity index (χ4v) is 2.75. The molecular weight excluding hydrogens is 318 g/mol. The molecule has 1 aromatic heterocycles. The van der Waals surface area contributed by atoms with Crippen LogP contribution in [0.15, 0.2) is 29.1 Å². The van der Waals surface area contributed by atoms with E-state index in [1.807, 2.05) is 0 Å². The summed E-state index contributed by atoms with van der Waals surface area (Å²) in [6.45, 7) is 0. The molecule has 1 aliphatic rings. The minimum absolute atomic E-state index is 0.0926. The lowest BCUT2D eigenvalue weighted by atomic mass is 9.76. The lowest BCUT2D eigenvalue weighted by Gasteiger charge is -2.38. The van der Waals surface area contributed by atoms with E-state index in [4.69, 9.17) is 0 Å². The number of pyridine rings is 1. The minimum atomic E-state index is -1.34. The fraction of sp³-hybridized carbons (Fsp3) is 0.267. The average molecular weight is 331 g/mol. The van der Waals surface area contributed by atoms with Crippen LogP contribution in [0.4, 0.5) is 5.69 Å². The molecule has 3 N–H and O–H groups in total. The highest BCUT2D eigenvalue weighted by molar-refractivity contribution is 6.08. The van der Waals surface area contributed by atoms with Crippen LogP contribution < -0.4 is 10.9 Å². The van der Waals surface area contributed by atoms with Crippen LogP contribution in [0, 0.1) is 10.1 Å². The van der Waals surface area contributed by atoms with E-state index in [1.54, 1.807) is 0 Å². The maximum absolute atomic E-state index is 12.5. The number of amides is 1. The van der Waals surface area contributed by atoms with Crippen LogP contribution in [0.25, 0.3) is 10.9 Å². The highest BCUT2D eigenvalue weighted by atomic mass is 16.6. The number of H-pyrrole nitrogens is 1. The Bertz CT molecular complexity index is 928. The third-order valence-electron chi connectivity index (χ3n) is 4.25. The number of carboxylic acid groups (broad SMARTS) is 1. The van der Waals surface area contributed by atoms with E-state index in [-0.39, 0.29) is 22.2 Å². The van der Waals surface area contributed by atoms with Gasteiger partial charge in [0.1, 0.15) is 5.54 Å². The number of carbonyl (C=O) groups is 2. The number of fused-ring (bicyclic) bond motifs is 1. The van der Waals surface area contributed by atoms with Gasteiger partial charge in [-0.15, -0.1) is 0 Å². The zero-order valence-electron chi connectivity index (χ0n) is 12.4. The van der Waals surface area contributed by atoms with Gasteiger partial charge in [-0.3, -0.25) is 19.7 Å². The Hall–Kier alpha value is -3.23. The van der Waals surface area contributed by atoms with Crippen molar-refractivity contribution in [1.82, 2.24) is 10.3 Å². The van der Waals surface area contributed by atoms with E-state index >= 15 is 0 Å². The summed E-state index contributed by atoms with van der Waals surface area (Å²) in [6.07, 6.45) is 1.28. The molecular formula is C15H13N3O6. The number of nitrogens with zero attached hydrogens (tertiary/aromatic N) is 1. The predicted molar refractivity (Wildman–Crippen MR) is 82.9 cm³/mol. The number of carbonyl (C=O) groups excluding carboxylic acids is 1. The number of nitrogens with one attached hydrogen (secondary N) is 2. The van der Waals surface area contributed by atoms with E-state index < -0.39 is 27.9 Å². The third-order valence-corrected chi connectivity index (χ3v) is 4.25. The SMILES string of the molecule is O=C(NC1(C(=O)O)CCC1)c1cc(=O)[nH]c2ccc([N+](=O)[O-])cc12. The Labute approximate surface area is 134 Å². The van der Waals surface area contributed by atoms with Crippen molar-refractivity contribution >= 4 is 28.5 Å². The van der Waals surface area contributed by atoms with Gasteiger partial charge in [0, 0.05) is 29.1 Å². The first-order valence-electron chi connectivity index (χ1n) is 7.20. The summed E-state index contributed by atoms with van der Waals surface area (Å²) >= 11 is 0. The van der Waals surface area contributed by atoms with Gasteiger partial charge in [0.25, 0.3) is 11.6 Å². The maximum Gasteiger partial charge on any atom is 0.329 e. The van der Waals surface area contributed by atoms with Crippen molar-refractivity contribution in [3.05, 3.63) is 50.3 Å². The zero-order chi connectivity index (χ0) is 17.5. The number of non-ortho nitro benzene ring substituents is 1. The van der Waals surface area contributed by atoms with Gasteiger partial charge in [0.2, 0.25) is 5.56 Å². The Morgan fingerprint density at radius 2 is 2.00 bits per heavy atom. The number of aromatic nitrogens is 1. The van der Waals surface area contributed by atoms with Crippen LogP contribution >= 0.6 is 0 Å². The van der Waals surface area contributed by atoms with Gasteiger partial charge < -0.3 is 15.4 Å². The van der Waals surface area contributed by atoms with Gasteiger partial charge in [-0.1, -0.05) is 0 Å². The summed E-state index contributed by atoms with van der Waals surface area (Å²) in [7, 11) is 0. The Morgan fingerprint density at radius 3 is 2.54 bits per heavy atom. The summed E-state index contributed by atoms with van der Waals surface area (Å²) in [4.78, 5) is 48.4. The largest absolute Gasteiger partial charge is 0.480 e. The average Bonchev–Trinajstić information content (AvgIpc) is 2.48. The number of hydrogen-bond acceptors (Lipinski definition) is 5. The van der Waals surface area contributed by atoms with E-state index in [9.17, 15) is 29.6 Å². The van der Waals surface area contributed by atoms with Crippen LogP contribution in [0.5, 0.6) is 0 Å². The van der Waals surface area contributed by atoms with Gasteiger partial charge in [-0.2, -0.15) is 0 Å². The Balaban J connectivity index is 2.08. The molecule has 0 aliphatic heterocycles. The van der Waals surface area contributed by atoms with Gasteiger partial charge in [0.05, 0.1) is 10.5 Å². The van der Waals surface area contributed by atoms with Gasteiger partial charge in [0.15, 0.2) is 0 Å². The van der Waals surface area contributed by atoms with Crippen molar-refractivity contribution in [3.63, 3.8) is 0 Å². The molecule has 1 fully saturated rings. The van der Waals surface area contributed by atoms with Crippen LogP contribution in [-0.2, 0) is 4.79 Å². The molecule has 0 atom stereocenters. The number of hydrogen-bond donors (Lipinski definition) is 3. The molecule has 0 radical (unpaired) electrons. The first kappa shape index (κ1) is 15.7. The molecule has 9 heteroatoms. The smallest absolute Gasteiger partial charge is 0.329 e. The van der Waals surface area contributed by atoms with E-state index in [1.165, 1.54) is 18.2 Å². The summed E-state index contributed by atoms with van der Waals surface area (Å²) in [5.41, 5.74) is -1.96. The topological polar surface area (TPSA) is 142 Å². The highest BCUT2D eigenvalue weighted by Crippen LogP contribution is 2.32. The van der Waals surface area contributed by atoms with E-state index in [0.29, 0.717) is 19.3 Å². The molecule has 0 unspecified atom stereocenters. The minimum Gasteiger partial charge on any atom is -0.480 e. The highest BCUT2D eigenvalue weighted by Gasteiger charge is 2.46. The van der Waals surface area contributed by atoms with Crippen LogP contribution in [0.3, 0.4) is 0 Å². The molecule has 1 aliphatic carbocycles. The number of benzene rings is 1. The van der Waals surface area contributed by atoms with Crippen molar-refractivity contribution in [2.45, 2.75) is 24.8 Å². The number of nitro benzene ring substituents is 1.